The van der Waals surface area contributed by atoms with Crippen molar-refractivity contribution in [1.82, 2.24) is 19.4 Å². The molecule has 7 nitrogen and oxygen atoms in total. The van der Waals surface area contributed by atoms with Crippen molar-refractivity contribution in [1.29, 1.82) is 0 Å². The highest BCUT2D eigenvalue weighted by Crippen LogP contribution is 2.41. The van der Waals surface area contributed by atoms with Gasteiger partial charge in [-0.3, -0.25) is 9.36 Å². The molecule has 0 bridgehead atoms. The fourth-order valence-corrected chi connectivity index (χ4v) is 11.9. The maximum absolute atomic E-state index is 14.7. The first-order chi connectivity index (χ1) is 21.7. The summed E-state index contributed by atoms with van der Waals surface area (Å²) in [4.78, 5) is 27.9. The normalized spacial score (nSPS) is 11.9. The molecule has 0 spiro atoms. The lowest BCUT2D eigenvalue weighted by molar-refractivity contribution is 0.416. The van der Waals surface area contributed by atoms with Crippen molar-refractivity contribution in [3.05, 3.63) is 75.4 Å². The third kappa shape index (κ3) is 6.99. The van der Waals surface area contributed by atoms with Crippen molar-refractivity contribution in [3.63, 3.8) is 0 Å². The number of nitrogens with one attached hydrogen (secondary N) is 1. The van der Waals surface area contributed by atoms with Gasteiger partial charge < -0.3 is 15.1 Å². The monoisotopic (exact) mass is 660 g/mol. The van der Waals surface area contributed by atoms with E-state index in [0.29, 0.717) is 44.7 Å². The lowest BCUT2D eigenvalue weighted by Crippen LogP contribution is -2.43. The molecule has 10 heteroatoms. The minimum Gasteiger partial charge on any atom is -0.373 e. The van der Waals surface area contributed by atoms with Gasteiger partial charge in [0.25, 0.3) is 5.56 Å². The van der Waals surface area contributed by atoms with E-state index >= 15 is 0 Å². The Labute approximate surface area is 278 Å². The molecular weight excluding hydrogens is 615 g/mol. The summed E-state index contributed by atoms with van der Waals surface area (Å²) in [6.45, 7) is 15.3. The van der Waals surface area contributed by atoms with Gasteiger partial charge in [0.05, 0.1) is 16.0 Å². The maximum Gasteiger partial charge on any atom is 0.261 e. The second kappa shape index (κ2) is 14.4. The number of pyridine rings is 1. The van der Waals surface area contributed by atoms with Crippen LogP contribution in [0.3, 0.4) is 0 Å². The zero-order chi connectivity index (χ0) is 33.9. The summed E-state index contributed by atoms with van der Waals surface area (Å²) < 4.78 is 16.2. The van der Waals surface area contributed by atoms with Crippen molar-refractivity contribution in [3.8, 4) is 22.6 Å². The first-order valence-corrected chi connectivity index (χ1v) is 18.4. The van der Waals surface area contributed by atoms with Crippen LogP contribution in [0.5, 0.6) is 0 Å². The molecule has 0 amide bonds. The minimum atomic E-state index is -2.20. The smallest absolute Gasteiger partial charge is 0.261 e. The largest absolute Gasteiger partial charge is 0.373 e. The van der Waals surface area contributed by atoms with Gasteiger partial charge in [-0.05, 0) is 61.1 Å². The summed E-state index contributed by atoms with van der Waals surface area (Å²) in [6.07, 6.45) is 1.69. The topological polar surface area (TPSA) is 66.3 Å². The molecule has 0 saturated heterocycles. The molecule has 4 rings (SSSR count). The number of halogens is 2. The Balaban J connectivity index is 1.88. The number of benzene rings is 2. The number of nitrogens with zero attached hydrogens (tertiary/aromatic N) is 5. The van der Waals surface area contributed by atoms with Crippen LogP contribution in [0.1, 0.15) is 47.1 Å². The highest BCUT2D eigenvalue weighted by molar-refractivity contribution is 6.90. The number of anilines is 3. The molecule has 0 atom stereocenters. The lowest BCUT2D eigenvalue weighted by atomic mass is 9.99. The molecule has 46 heavy (non-hydrogen) atoms. The SMILES string of the molecule is CC(C)[Si](C#Cc1c(-c2cccc(F)c2Cl)c(=O)n(C)c2nc(Nc3ccc(N(C)CCN(C)C)cc3)ncc12)(C(C)C)C(C)C. The average Bonchev–Trinajstić information content (AvgIpc) is 3.00. The molecule has 0 radical (unpaired) electrons. The summed E-state index contributed by atoms with van der Waals surface area (Å²) in [6, 6.07) is 12.6. The second-order valence-corrected chi connectivity index (χ2v) is 19.1. The maximum atomic E-state index is 14.7. The summed E-state index contributed by atoms with van der Waals surface area (Å²) in [7, 11) is 5.65. The molecule has 0 saturated carbocycles. The van der Waals surface area contributed by atoms with Crippen LogP contribution in [-0.4, -0.2) is 61.7 Å². The van der Waals surface area contributed by atoms with Gasteiger partial charge in [0.15, 0.2) is 0 Å². The van der Waals surface area contributed by atoms with Gasteiger partial charge in [0, 0.05) is 55.9 Å². The quantitative estimate of drug-likeness (QED) is 0.137. The van der Waals surface area contributed by atoms with E-state index < -0.39 is 13.9 Å². The second-order valence-electron chi connectivity index (χ2n) is 13.2. The van der Waals surface area contributed by atoms with Crippen LogP contribution in [-0.2, 0) is 7.05 Å². The number of aryl methyl sites for hydroxylation is 1. The molecule has 244 valence electrons. The standard InChI is InChI=1S/C36H46ClFN6OSi/c1-23(2)46(24(3)4,25(5)6)21-18-28-30-22-39-36(40-26-14-16-27(17-15-26)43(9)20-19-42(7)8)41-34(30)44(10)35(45)32(28)29-12-11-13-31(38)33(29)37/h11-17,22-25H,19-20H2,1-10H3,(H,39,40,41). The van der Waals surface area contributed by atoms with Crippen LogP contribution < -0.4 is 15.8 Å². The summed E-state index contributed by atoms with van der Waals surface area (Å²) in [5, 5.41) is 3.77. The number of rotatable bonds is 10. The number of hydrogen-bond acceptors (Lipinski definition) is 6. The molecule has 2 aromatic heterocycles. The number of hydrogen-bond donors (Lipinski definition) is 1. The zero-order valence-corrected chi connectivity index (χ0v) is 30.4. The fraction of sp³-hybridized carbons (Fsp3) is 0.417. The Kier molecular flexibility index (Phi) is 11.0. The average molecular weight is 661 g/mol. The highest BCUT2D eigenvalue weighted by atomic mass is 35.5. The summed E-state index contributed by atoms with van der Waals surface area (Å²) in [5.74, 6) is 3.22. The van der Waals surface area contributed by atoms with Crippen molar-refractivity contribution in [2.75, 3.05) is 44.4 Å². The molecule has 0 aliphatic rings. The first kappa shape index (κ1) is 35.1. The number of aromatic nitrogens is 3. The van der Waals surface area contributed by atoms with Crippen LogP contribution in [0.25, 0.3) is 22.2 Å². The predicted molar refractivity (Wildman–Crippen MR) is 195 cm³/mol. The van der Waals surface area contributed by atoms with E-state index in [1.807, 2.05) is 24.3 Å². The molecular formula is C36H46ClFN6OSi. The van der Waals surface area contributed by atoms with Crippen LogP contribution in [0.15, 0.2) is 53.5 Å². The van der Waals surface area contributed by atoms with Gasteiger partial charge in [-0.2, -0.15) is 4.98 Å². The predicted octanol–water partition coefficient (Wildman–Crippen LogP) is 8.10. The Bertz CT molecular complexity index is 1800. The molecule has 1 N–H and O–H groups in total. The van der Waals surface area contributed by atoms with Crippen LogP contribution in [0.4, 0.5) is 21.7 Å². The van der Waals surface area contributed by atoms with Crippen molar-refractivity contribution >= 4 is 48.0 Å². The van der Waals surface area contributed by atoms with E-state index in [2.05, 4.69) is 94.3 Å². The Hall–Kier alpha value is -3.71. The Morgan fingerprint density at radius 1 is 0.978 bits per heavy atom. The van der Waals surface area contributed by atoms with E-state index in [9.17, 15) is 9.18 Å². The van der Waals surface area contributed by atoms with E-state index in [-0.39, 0.29) is 16.1 Å². The van der Waals surface area contributed by atoms with E-state index in [0.717, 1.165) is 24.5 Å². The number of fused-ring (bicyclic) bond motifs is 1. The Morgan fingerprint density at radius 3 is 2.20 bits per heavy atom. The third-order valence-corrected chi connectivity index (χ3v) is 15.7. The van der Waals surface area contributed by atoms with Gasteiger partial charge in [-0.25, -0.2) is 9.37 Å². The van der Waals surface area contributed by atoms with E-state index in [1.165, 1.54) is 10.6 Å². The molecule has 0 aliphatic heterocycles. The lowest BCUT2D eigenvalue weighted by Gasteiger charge is -2.38. The van der Waals surface area contributed by atoms with Crippen LogP contribution in [0, 0.1) is 17.3 Å². The number of likely N-dealkylation sites (N-methyl/N-ethyl adjacent to an activating group) is 2. The Morgan fingerprint density at radius 2 is 1.61 bits per heavy atom. The van der Waals surface area contributed by atoms with Crippen molar-refractivity contribution in [2.24, 2.45) is 7.05 Å². The molecule has 4 aromatic rings. The van der Waals surface area contributed by atoms with Crippen LogP contribution in [0.2, 0.25) is 21.6 Å². The van der Waals surface area contributed by atoms with Gasteiger partial charge in [0.2, 0.25) is 5.95 Å². The minimum absolute atomic E-state index is 0.114. The van der Waals surface area contributed by atoms with Crippen LogP contribution >= 0.6 is 11.6 Å². The molecule has 0 aliphatic carbocycles. The van der Waals surface area contributed by atoms with Crippen molar-refractivity contribution < 1.29 is 4.39 Å². The third-order valence-electron chi connectivity index (χ3n) is 9.06. The van der Waals surface area contributed by atoms with Gasteiger partial charge in [0.1, 0.15) is 19.5 Å². The molecule has 2 heterocycles. The van der Waals surface area contributed by atoms with Gasteiger partial charge in [-0.15, -0.1) is 5.54 Å². The van der Waals surface area contributed by atoms with Crippen molar-refractivity contribution in [2.45, 2.75) is 58.2 Å². The molecule has 2 aromatic carbocycles. The van der Waals surface area contributed by atoms with Gasteiger partial charge in [-0.1, -0.05) is 71.2 Å². The highest BCUT2D eigenvalue weighted by Gasteiger charge is 2.41. The summed E-state index contributed by atoms with van der Waals surface area (Å²) in [5.41, 5.74) is 7.90. The zero-order valence-electron chi connectivity index (χ0n) is 28.7. The van der Waals surface area contributed by atoms with E-state index in [4.69, 9.17) is 16.6 Å². The fourth-order valence-electron chi connectivity index (χ4n) is 6.46. The molecule has 0 fully saturated rings. The summed E-state index contributed by atoms with van der Waals surface area (Å²) >= 11 is 6.49. The molecule has 0 unspecified atom stereocenters. The van der Waals surface area contributed by atoms with Gasteiger partial charge >= 0.3 is 0 Å². The van der Waals surface area contributed by atoms with E-state index in [1.54, 1.807) is 25.4 Å². The first-order valence-electron chi connectivity index (χ1n) is 15.8.